The van der Waals surface area contributed by atoms with Gasteiger partial charge in [0.25, 0.3) is 0 Å². The van der Waals surface area contributed by atoms with E-state index < -0.39 is 5.41 Å². The molecule has 0 spiro atoms. The Morgan fingerprint density at radius 1 is 1.21 bits per heavy atom. The lowest BCUT2D eigenvalue weighted by atomic mass is 9.66. The molecular formula is C20H23FN2O. The van der Waals surface area contributed by atoms with Crippen LogP contribution in [0, 0.1) is 5.82 Å². The standard InChI is InChI=1S/C20H23FN2O/c1-23(2)17-9-5-14(6-10-17)13-20(19(22)24)11-3-4-15-7-8-16(21)12-18(15)20/h5-10,12H,3-4,11,13H2,1-2H3,(H2,22,24). The summed E-state index contributed by atoms with van der Waals surface area (Å²) in [6.45, 7) is 0. The van der Waals surface area contributed by atoms with Crippen molar-refractivity contribution in [1.29, 1.82) is 0 Å². The number of hydrogen-bond donors (Lipinski definition) is 1. The number of primary amides is 1. The third kappa shape index (κ3) is 2.88. The van der Waals surface area contributed by atoms with E-state index in [1.807, 2.05) is 43.3 Å². The Morgan fingerprint density at radius 3 is 2.54 bits per heavy atom. The van der Waals surface area contributed by atoms with Gasteiger partial charge in [0, 0.05) is 19.8 Å². The molecule has 1 atom stereocenters. The van der Waals surface area contributed by atoms with E-state index in [9.17, 15) is 9.18 Å². The van der Waals surface area contributed by atoms with Gasteiger partial charge in [-0.3, -0.25) is 4.79 Å². The van der Waals surface area contributed by atoms with Crippen LogP contribution in [0.25, 0.3) is 0 Å². The summed E-state index contributed by atoms with van der Waals surface area (Å²) in [4.78, 5) is 14.4. The number of fused-ring (bicyclic) bond motifs is 1. The van der Waals surface area contributed by atoms with Crippen LogP contribution in [0.5, 0.6) is 0 Å². The number of nitrogens with zero attached hydrogens (tertiary/aromatic N) is 1. The molecule has 0 radical (unpaired) electrons. The Kier molecular flexibility index (Phi) is 4.31. The van der Waals surface area contributed by atoms with E-state index in [-0.39, 0.29) is 11.7 Å². The molecule has 1 amide bonds. The summed E-state index contributed by atoms with van der Waals surface area (Å²) in [6, 6.07) is 12.8. The SMILES string of the molecule is CN(C)c1ccc(CC2(C(N)=O)CCCc3ccc(F)cc32)cc1. The van der Waals surface area contributed by atoms with Crippen LogP contribution in [0.4, 0.5) is 10.1 Å². The maximum atomic E-state index is 13.8. The van der Waals surface area contributed by atoms with Crippen LogP contribution in [0.1, 0.15) is 29.5 Å². The topological polar surface area (TPSA) is 46.3 Å². The Labute approximate surface area is 142 Å². The van der Waals surface area contributed by atoms with Gasteiger partial charge in [-0.1, -0.05) is 18.2 Å². The molecule has 2 aromatic rings. The Bertz CT molecular complexity index is 755. The number of benzene rings is 2. The summed E-state index contributed by atoms with van der Waals surface area (Å²) >= 11 is 0. The first-order valence-electron chi connectivity index (χ1n) is 8.27. The molecular weight excluding hydrogens is 303 g/mol. The van der Waals surface area contributed by atoms with E-state index in [1.165, 1.54) is 12.1 Å². The summed E-state index contributed by atoms with van der Waals surface area (Å²) in [5, 5.41) is 0. The van der Waals surface area contributed by atoms with Crippen LogP contribution >= 0.6 is 0 Å². The normalized spacial score (nSPS) is 19.6. The predicted molar refractivity (Wildman–Crippen MR) is 94.7 cm³/mol. The van der Waals surface area contributed by atoms with Crippen LogP contribution in [-0.2, 0) is 23.1 Å². The molecule has 3 rings (SSSR count). The van der Waals surface area contributed by atoms with Crippen molar-refractivity contribution in [2.24, 2.45) is 5.73 Å². The second-order valence-corrected chi connectivity index (χ2v) is 6.84. The Morgan fingerprint density at radius 2 is 1.92 bits per heavy atom. The number of rotatable bonds is 4. The molecule has 0 aliphatic heterocycles. The highest BCUT2D eigenvalue weighted by Gasteiger charge is 2.42. The molecule has 126 valence electrons. The van der Waals surface area contributed by atoms with E-state index in [2.05, 4.69) is 0 Å². The van der Waals surface area contributed by atoms with E-state index in [0.29, 0.717) is 12.8 Å². The summed E-state index contributed by atoms with van der Waals surface area (Å²) in [6.07, 6.45) is 2.92. The van der Waals surface area contributed by atoms with Crippen LogP contribution in [-0.4, -0.2) is 20.0 Å². The van der Waals surface area contributed by atoms with Crippen molar-refractivity contribution in [3.8, 4) is 0 Å². The molecule has 2 aromatic carbocycles. The van der Waals surface area contributed by atoms with Crippen molar-refractivity contribution in [2.45, 2.75) is 31.1 Å². The lowest BCUT2D eigenvalue weighted by molar-refractivity contribution is -0.124. The number of hydrogen-bond acceptors (Lipinski definition) is 2. The first kappa shape index (κ1) is 16.5. The first-order chi connectivity index (χ1) is 11.4. The number of anilines is 1. The minimum absolute atomic E-state index is 0.316. The lowest BCUT2D eigenvalue weighted by Gasteiger charge is -2.37. The number of carbonyl (C=O) groups is 1. The van der Waals surface area contributed by atoms with Crippen LogP contribution in [0.3, 0.4) is 0 Å². The molecule has 0 saturated heterocycles. The van der Waals surface area contributed by atoms with Gasteiger partial charge < -0.3 is 10.6 Å². The molecule has 1 aliphatic carbocycles. The molecule has 24 heavy (non-hydrogen) atoms. The third-order valence-corrected chi connectivity index (χ3v) is 5.07. The van der Waals surface area contributed by atoms with E-state index in [1.54, 1.807) is 6.07 Å². The van der Waals surface area contributed by atoms with Crippen molar-refractivity contribution in [3.05, 3.63) is 65.0 Å². The van der Waals surface area contributed by atoms with Crippen LogP contribution in [0.2, 0.25) is 0 Å². The third-order valence-electron chi connectivity index (χ3n) is 5.07. The monoisotopic (exact) mass is 326 g/mol. The maximum absolute atomic E-state index is 13.8. The van der Waals surface area contributed by atoms with Crippen molar-refractivity contribution in [3.63, 3.8) is 0 Å². The predicted octanol–water partition coefficient (Wildman–Crippen LogP) is 3.19. The number of carbonyl (C=O) groups excluding carboxylic acids is 1. The van der Waals surface area contributed by atoms with Gasteiger partial charge in [-0.25, -0.2) is 4.39 Å². The summed E-state index contributed by atoms with van der Waals surface area (Å²) in [7, 11) is 3.97. The Hall–Kier alpha value is -2.36. The van der Waals surface area contributed by atoms with Gasteiger partial charge in [-0.05, 0) is 66.6 Å². The fourth-order valence-electron chi connectivity index (χ4n) is 3.71. The molecule has 0 fully saturated rings. The van der Waals surface area contributed by atoms with Gasteiger partial charge in [0.1, 0.15) is 5.82 Å². The Balaban J connectivity index is 2.02. The summed E-state index contributed by atoms with van der Waals surface area (Å²) < 4.78 is 13.8. The first-order valence-corrected chi connectivity index (χ1v) is 8.27. The highest BCUT2D eigenvalue weighted by molar-refractivity contribution is 5.88. The van der Waals surface area contributed by atoms with Gasteiger partial charge in [-0.2, -0.15) is 0 Å². The molecule has 2 N–H and O–H groups in total. The van der Waals surface area contributed by atoms with Crippen LogP contribution < -0.4 is 10.6 Å². The zero-order valence-corrected chi connectivity index (χ0v) is 14.2. The zero-order chi connectivity index (χ0) is 17.3. The smallest absolute Gasteiger partial charge is 0.228 e. The number of halogens is 1. The van der Waals surface area contributed by atoms with Crippen molar-refractivity contribution >= 4 is 11.6 Å². The summed E-state index contributed by atoms with van der Waals surface area (Å²) in [5.74, 6) is -0.685. The van der Waals surface area contributed by atoms with Gasteiger partial charge in [0.05, 0.1) is 5.41 Å². The minimum atomic E-state index is -0.824. The van der Waals surface area contributed by atoms with Gasteiger partial charge in [0.2, 0.25) is 5.91 Å². The highest BCUT2D eigenvalue weighted by Crippen LogP contribution is 2.40. The minimum Gasteiger partial charge on any atom is -0.378 e. The number of nitrogens with two attached hydrogens (primary N) is 1. The quantitative estimate of drug-likeness (QED) is 0.938. The van der Waals surface area contributed by atoms with E-state index >= 15 is 0 Å². The van der Waals surface area contributed by atoms with Crippen molar-refractivity contribution in [1.82, 2.24) is 0 Å². The fourth-order valence-corrected chi connectivity index (χ4v) is 3.71. The maximum Gasteiger partial charge on any atom is 0.228 e. The highest BCUT2D eigenvalue weighted by atomic mass is 19.1. The van der Waals surface area contributed by atoms with E-state index in [0.717, 1.165) is 35.2 Å². The second kappa shape index (κ2) is 6.27. The molecule has 4 heteroatoms. The van der Waals surface area contributed by atoms with E-state index in [4.69, 9.17) is 5.73 Å². The number of amides is 1. The van der Waals surface area contributed by atoms with Gasteiger partial charge in [0.15, 0.2) is 0 Å². The second-order valence-electron chi connectivity index (χ2n) is 6.84. The molecule has 0 saturated carbocycles. The van der Waals surface area contributed by atoms with Crippen LogP contribution in [0.15, 0.2) is 42.5 Å². The lowest BCUT2D eigenvalue weighted by Crippen LogP contribution is -2.45. The molecule has 0 aromatic heterocycles. The molecule has 1 unspecified atom stereocenters. The fraction of sp³-hybridized carbons (Fsp3) is 0.350. The molecule has 3 nitrogen and oxygen atoms in total. The number of aryl methyl sites for hydroxylation is 1. The van der Waals surface area contributed by atoms with Gasteiger partial charge >= 0.3 is 0 Å². The summed E-state index contributed by atoms with van der Waals surface area (Å²) in [5.41, 5.74) is 8.93. The van der Waals surface area contributed by atoms with Gasteiger partial charge in [-0.15, -0.1) is 0 Å². The molecule has 0 heterocycles. The zero-order valence-electron chi connectivity index (χ0n) is 14.2. The van der Waals surface area contributed by atoms with Crippen molar-refractivity contribution < 1.29 is 9.18 Å². The van der Waals surface area contributed by atoms with Crippen molar-refractivity contribution in [2.75, 3.05) is 19.0 Å². The average Bonchev–Trinajstić information content (AvgIpc) is 2.55. The largest absolute Gasteiger partial charge is 0.378 e. The molecule has 0 bridgehead atoms. The average molecular weight is 326 g/mol. The molecule has 1 aliphatic rings.